The van der Waals surface area contributed by atoms with E-state index in [1.807, 2.05) is 12.1 Å². The molecule has 0 amide bonds. The Bertz CT molecular complexity index is 648. The molecule has 1 fully saturated rings. The van der Waals surface area contributed by atoms with E-state index < -0.39 is 0 Å². The van der Waals surface area contributed by atoms with Gasteiger partial charge in [-0.05, 0) is 71.2 Å². The number of benzene rings is 2. The lowest BCUT2D eigenvalue weighted by Gasteiger charge is -2.06. The zero-order valence-electron chi connectivity index (χ0n) is 10.6. The van der Waals surface area contributed by atoms with Crippen LogP contribution in [0.1, 0.15) is 28.8 Å². The molecule has 0 saturated heterocycles. The smallest absolute Gasteiger partial charge is 0.193 e. The highest BCUT2D eigenvalue weighted by molar-refractivity contribution is 9.10. The number of halogens is 2. The molecular formula is C16H12BrClO2. The van der Waals surface area contributed by atoms with Crippen LogP contribution in [-0.4, -0.2) is 11.9 Å². The van der Waals surface area contributed by atoms with Crippen LogP contribution in [0.25, 0.3) is 0 Å². The van der Waals surface area contributed by atoms with E-state index in [0.717, 1.165) is 23.1 Å². The van der Waals surface area contributed by atoms with Crippen molar-refractivity contribution < 1.29 is 9.53 Å². The van der Waals surface area contributed by atoms with Gasteiger partial charge in [0.15, 0.2) is 5.78 Å². The molecule has 3 rings (SSSR count). The van der Waals surface area contributed by atoms with Crippen LogP contribution < -0.4 is 4.74 Å². The van der Waals surface area contributed by atoms with E-state index in [4.69, 9.17) is 16.3 Å². The molecule has 2 aromatic carbocycles. The maximum atomic E-state index is 12.3. The SMILES string of the molecule is O=C(c1ccc(OC2CC2)cc1)c1ccc(Br)c(Cl)c1. The third kappa shape index (κ3) is 3.05. The lowest BCUT2D eigenvalue weighted by molar-refractivity contribution is 0.103. The first kappa shape index (κ1) is 13.7. The maximum absolute atomic E-state index is 12.3. The average molecular weight is 352 g/mol. The van der Waals surface area contributed by atoms with Crippen molar-refractivity contribution >= 4 is 33.3 Å². The highest BCUT2D eigenvalue weighted by Gasteiger charge is 2.23. The van der Waals surface area contributed by atoms with Gasteiger partial charge in [-0.2, -0.15) is 0 Å². The second-order valence-electron chi connectivity index (χ2n) is 4.80. The van der Waals surface area contributed by atoms with Crippen LogP contribution in [0.4, 0.5) is 0 Å². The molecule has 2 aromatic rings. The third-order valence-electron chi connectivity index (χ3n) is 3.13. The van der Waals surface area contributed by atoms with Gasteiger partial charge in [-0.1, -0.05) is 11.6 Å². The largest absolute Gasteiger partial charge is 0.490 e. The van der Waals surface area contributed by atoms with Crippen LogP contribution >= 0.6 is 27.5 Å². The molecule has 1 aliphatic rings. The van der Waals surface area contributed by atoms with E-state index in [-0.39, 0.29) is 5.78 Å². The number of hydrogen-bond donors (Lipinski definition) is 0. The molecule has 102 valence electrons. The Balaban J connectivity index is 1.80. The minimum Gasteiger partial charge on any atom is -0.490 e. The van der Waals surface area contributed by atoms with Crippen molar-refractivity contribution in [1.82, 2.24) is 0 Å². The molecule has 0 unspecified atom stereocenters. The first-order chi connectivity index (χ1) is 9.63. The molecule has 0 bridgehead atoms. The van der Waals surface area contributed by atoms with E-state index >= 15 is 0 Å². The van der Waals surface area contributed by atoms with Crippen molar-refractivity contribution in [3.8, 4) is 5.75 Å². The van der Waals surface area contributed by atoms with Crippen LogP contribution in [0.3, 0.4) is 0 Å². The van der Waals surface area contributed by atoms with E-state index in [2.05, 4.69) is 15.9 Å². The number of ether oxygens (including phenoxy) is 1. The highest BCUT2D eigenvalue weighted by Crippen LogP contribution is 2.28. The lowest BCUT2D eigenvalue weighted by Crippen LogP contribution is -2.02. The summed E-state index contributed by atoms with van der Waals surface area (Å²) >= 11 is 9.33. The van der Waals surface area contributed by atoms with Crippen molar-refractivity contribution in [3.63, 3.8) is 0 Å². The minimum atomic E-state index is -0.0441. The molecule has 1 aliphatic carbocycles. The van der Waals surface area contributed by atoms with Gasteiger partial charge in [-0.15, -0.1) is 0 Å². The molecule has 2 nitrogen and oxygen atoms in total. The Morgan fingerprint density at radius 1 is 1.10 bits per heavy atom. The van der Waals surface area contributed by atoms with E-state index in [1.165, 1.54) is 0 Å². The highest BCUT2D eigenvalue weighted by atomic mass is 79.9. The summed E-state index contributed by atoms with van der Waals surface area (Å²) in [4.78, 5) is 12.3. The van der Waals surface area contributed by atoms with Gasteiger partial charge in [0, 0.05) is 15.6 Å². The number of rotatable bonds is 4. The summed E-state index contributed by atoms with van der Waals surface area (Å²) in [5, 5.41) is 0.532. The van der Waals surface area contributed by atoms with Gasteiger partial charge in [-0.3, -0.25) is 4.79 Å². The molecule has 0 radical (unpaired) electrons. The summed E-state index contributed by atoms with van der Waals surface area (Å²) in [6, 6.07) is 12.5. The Hall–Kier alpha value is -1.32. The van der Waals surface area contributed by atoms with Gasteiger partial charge in [0.25, 0.3) is 0 Å². The van der Waals surface area contributed by atoms with Crippen molar-refractivity contribution in [1.29, 1.82) is 0 Å². The van der Waals surface area contributed by atoms with Gasteiger partial charge >= 0.3 is 0 Å². The summed E-state index contributed by atoms with van der Waals surface area (Å²) in [5.41, 5.74) is 1.21. The standard InChI is InChI=1S/C16H12BrClO2/c17-14-8-3-11(9-15(14)18)16(19)10-1-4-12(5-2-10)20-13-6-7-13/h1-5,8-9,13H,6-7H2. The summed E-state index contributed by atoms with van der Waals surface area (Å²) < 4.78 is 6.44. The lowest BCUT2D eigenvalue weighted by atomic mass is 10.0. The molecule has 20 heavy (non-hydrogen) atoms. The number of carbonyl (C=O) groups is 1. The van der Waals surface area contributed by atoms with E-state index in [1.54, 1.807) is 30.3 Å². The Kier molecular flexibility index (Phi) is 3.81. The van der Waals surface area contributed by atoms with Crippen LogP contribution in [-0.2, 0) is 0 Å². The minimum absolute atomic E-state index is 0.0441. The van der Waals surface area contributed by atoms with Crippen LogP contribution in [0, 0.1) is 0 Å². The van der Waals surface area contributed by atoms with Gasteiger partial charge in [-0.25, -0.2) is 0 Å². The summed E-state index contributed by atoms with van der Waals surface area (Å²) in [6.45, 7) is 0. The van der Waals surface area contributed by atoms with Gasteiger partial charge in [0.1, 0.15) is 5.75 Å². The normalized spacial score (nSPS) is 14.1. The van der Waals surface area contributed by atoms with Crippen LogP contribution in [0.15, 0.2) is 46.9 Å². The third-order valence-corrected chi connectivity index (χ3v) is 4.36. The fraction of sp³-hybridized carbons (Fsp3) is 0.188. The number of hydrogen-bond acceptors (Lipinski definition) is 2. The number of ketones is 1. The van der Waals surface area contributed by atoms with Crippen molar-refractivity contribution in [3.05, 3.63) is 63.1 Å². The molecular weight excluding hydrogens is 340 g/mol. The second kappa shape index (κ2) is 5.58. The molecule has 0 heterocycles. The van der Waals surface area contributed by atoms with Gasteiger partial charge in [0.2, 0.25) is 0 Å². The quantitative estimate of drug-likeness (QED) is 0.734. The Morgan fingerprint density at radius 3 is 2.35 bits per heavy atom. The molecule has 1 saturated carbocycles. The maximum Gasteiger partial charge on any atom is 0.193 e. The van der Waals surface area contributed by atoms with Gasteiger partial charge < -0.3 is 4.74 Å². The summed E-state index contributed by atoms with van der Waals surface area (Å²) in [6.07, 6.45) is 2.61. The molecule has 0 aromatic heterocycles. The monoisotopic (exact) mass is 350 g/mol. The molecule has 4 heteroatoms. The predicted octanol–water partition coefficient (Wildman–Crippen LogP) is 4.87. The fourth-order valence-corrected chi connectivity index (χ4v) is 2.29. The predicted molar refractivity (Wildman–Crippen MR) is 82.7 cm³/mol. The van der Waals surface area contributed by atoms with Crippen molar-refractivity contribution in [2.24, 2.45) is 0 Å². The van der Waals surface area contributed by atoms with Crippen LogP contribution in [0.5, 0.6) is 5.75 Å². The number of carbonyl (C=O) groups excluding carboxylic acids is 1. The molecule has 0 spiro atoms. The van der Waals surface area contributed by atoms with Crippen molar-refractivity contribution in [2.75, 3.05) is 0 Å². The zero-order chi connectivity index (χ0) is 14.1. The summed E-state index contributed by atoms with van der Waals surface area (Å²) in [5.74, 6) is 0.773. The topological polar surface area (TPSA) is 26.3 Å². The van der Waals surface area contributed by atoms with E-state index in [0.29, 0.717) is 22.3 Å². The first-order valence-corrected chi connectivity index (χ1v) is 7.57. The zero-order valence-corrected chi connectivity index (χ0v) is 12.9. The van der Waals surface area contributed by atoms with E-state index in [9.17, 15) is 4.79 Å². The van der Waals surface area contributed by atoms with Crippen molar-refractivity contribution in [2.45, 2.75) is 18.9 Å². The summed E-state index contributed by atoms with van der Waals surface area (Å²) in [7, 11) is 0. The average Bonchev–Trinajstić information content (AvgIpc) is 3.26. The van der Waals surface area contributed by atoms with Crippen LogP contribution in [0.2, 0.25) is 5.02 Å². The fourth-order valence-electron chi connectivity index (χ4n) is 1.87. The Labute approximate surface area is 130 Å². The first-order valence-electron chi connectivity index (χ1n) is 6.40. The second-order valence-corrected chi connectivity index (χ2v) is 6.06. The Morgan fingerprint density at radius 2 is 1.75 bits per heavy atom. The molecule has 0 N–H and O–H groups in total. The molecule has 0 aliphatic heterocycles. The van der Waals surface area contributed by atoms with Gasteiger partial charge in [0.05, 0.1) is 11.1 Å². The molecule has 0 atom stereocenters.